The summed E-state index contributed by atoms with van der Waals surface area (Å²) in [4.78, 5) is 5.39. The Morgan fingerprint density at radius 2 is 2.64 bits per heavy atom. The molecule has 0 amide bonds. The van der Waals surface area contributed by atoms with Crippen LogP contribution in [0.1, 0.15) is 24.6 Å². The Labute approximate surface area is 88.9 Å². The maximum atomic E-state index is 4.07. The summed E-state index contributed by atoms with van der Waals surface area (Å²) in [5, 5.41) is 7.07. The minimum absolute atomic E-state index is 0.594. The fourth-order valence-electron chi connectivity index (χ4n) is 1.88. The van der Waals surface area contributed by atoms with Crippen LogP contribution in [0.4, 0.5) is 0 Å². The zero-order valence-electron chi connectivity index (χ0n) is 8.49. The van der Waals surface area contributed by atoms with Gasteiger partial charge in [0.2, 0.25) is 0 Å². The van der Waals surface area contributed by atoms with Gasteiger partial charge in [0, 0.05) is 29.7 Å². The average molecular weight is 211 g/mol. The zero-order valence-corrected chi connectivity index (χ0v) is 9.31. The van der Waals surface area contributed by atoms with Crippen LogP contribution < -0.4 is 10.6 Å². The van der Waals surface area contributed by atoms with Crippen molar-refractivity contribution in [2.75, 3.05) is 6.54 Å². The smallest absolute Gasteiger partial charge is 0.0794 e. The number of nitrogens with zero attached hydrogens (tertiary/aromatic N) is 1. The Morgan fingerprint density at radius 1 is 1.71 bits per heavy atom. The van der Waals surface area contributed by atoms with Crippen molar-refractivity contribution in [3.05, 3.63) is 16.6 Å². The Hall–Kier alpha value is -0.450. The lowest BCUT2D eigenvalue weighted by molar-refractivity contribution is 0.316. The van der Waals surface area contributed by atoms with Crippen molar-refractivity contribution in [2.24, 2.45) is 0 Å². The van der Waals surface area contributed by atoms with E-state index in [1.807, 2.05) is 11.7 Å². The van der Waals surface area contributed by atoms with Crippen molar-refractivity contribution in [2.45, 2.75) is 38.4 Å². The first-order valence-electron chi connectivity index (χ1n) is 5.20. The predicted octanol–water partition coefficient (Wildman–Crippen LogP) is 1.37. The number of thiazole rings is 1. The number of rotatable bonds is 3. The molecular formula is C10H17N3S. The van der Waals surface area contributed by atoms with Crippen molar-refractivity contribution in [3.63, 3.8) is 0 Å². The molecule has 1 aliphatic rings. The Balaban J connectivity index is 1.79. The lowest BCUT2D eigenvalue weighted by Gasteiger charge is -2.30. The lowest BCUT2D eigenvalue weighted by atomic mass is 10.00. The molecule has 14 heavy (non-hydrogen) atoms. The topological polar surface area (TPSA) is 37.0 Å². The van der Waals surface area contributed by atoms with E-state index in [-0.39, 0.29) is 0 Å². The van der Waals surface area contributed by atoms with E-state index in [4.69, 9.17) is 0 Å². The van der Waals surface area contributed by atoms with Crippen molar-refractivity contribution in [3.8, 4) is 0 Å². The molecule has 1 fully saturated rings. The maximum absolute atomic E-state index is 4.07. The number of hydrogen-bond donors (Lipinski definition) is 2. The molecule has 1 saturated heterocycles. The summed E-state index contributed by atoms with van der Waals surface area (Å²) < 4.78 is 0. The molecule has 4 heteroatoms. The van der Waals surface area contributed by atoms with Gasteiger partial charge in [-0.05, 0) is 26.3 Å². The van der Waals surface area contributed by atoms with Gasteiger partial charge in [0.1, 0.15) is 0 Å². The molecule has 0 saturated carbocycles. The molecule has 0 aliphatic carbocycles. The first kappa shape index (κ1) is 10.1. The van der Waals surface area contributed by atoms with Crippen molar-refractivity contribution < 1.29 is 0 Å². The summed E-state index contributed by atoms with van der Waals surface area (Å²) in [7, 11) is 0. The summed E-state index contributed by atoms with van der Waals surface area (Å²) in [6, 6.07) is 1.21. The summed E-state index contributed by atoms with van der Waals surface area (Å²) in [6.07, 6.45) is 4.51. The van der Waals surface area contributed by atoms with Crippen molar-refractivity contribution in [1.82, 2.24) is 15.6 Å². The van der Waals surface area contributed by atoms with Gasteiger partial charge in [-0.3, -0.25) is 4.98 Å². The Bertz CT molecular complexity index is 260. The molecule has 78 valence electrons. The van der Waals surface area contributed by atoms with Crippen LogP contribution in [0.15, 0.2) is 11.7 Å². The highest BCUT2D eigenvalue weighted by Crippen LogP contribution is 2.10. The summed E-state index contributed by atoms with van der Waals surface area (Å²) in [5.41, 5.74) is 1.89. The van der Waals surface area contributed by atoms with E-state index in [0.29, 0.717) is 12.1 Å². The molecule has 0 aromatic carbocycles. The van der Waals surface area contributed by atoms with E-state index in [0.717, 1.165) is 6.54 Å². The molecule has 1 aliphatic heterocycles. The molecule has 1 aromatic heterocycles. The SMILES string of the molecule is CC1NCCCC1NCc1cncs1. The van der Waals surface area contributed by atoms with E-state index in [1.165, 1.54) is 24.3 Å². The van der Waals surface area contributed by atoms with E-state index >= 15 is 0 Å². The molecular weight excluding hydrogens is 194 g/mol. The van der Waals surface area contributed by atoms with Gasteiger partial charge in [0.25, 0.3) is 0 Å². The second-order valence-electron chi connectivity index (χ2n) is 3.84. The highest BCUT2D eigenvalue weighted by molar-refractivity contribution is 7.09. The Kier molecular flexibility index (Phi) is 3.50. The minimum atomic E-state index is 0.594. The van der Waals surface area contributed by atoms with Crippen LogP contribution in [0.2, 0.25) is 0 Å². The Morgan fingerprint density at radius 3 is 3.36 bits per heavy atom. The average Bonchev–Trinajstić information content (AvgIpc) is 2.69. The first-order chi connectivity index (χ1) is 6.86. The molecule has 0 spiro atoms. The fourth-order valence-corrected chi connectivity index (χ4v) is 2.43. The zero-order chi connectivity index (χ0) is 9.80. The van der Waals surface area contributed by atoms with Gasteiger partial charge >= 0.3 is 0 Å². The maximum Gasteiger partial charge on any atom is 0.0794 e. The van der Waals surface area contributed by atoms with Gasteiger partial charge in [0.15, 0.2) is 0 Å². The van der Waals surface area contributed by atoms with Gasteiger partial charge in [-0.25, -0.2) is 0 Å². The van der Waals surface area contributed by atoms with Gasteiger partial charge in [-0.15, -0.1) is 11.3 Å². The van der Waals surface area contributed by atoms with Crippen LogP contribution in [0.5, 0.6) is 0 Å². The number of aromatic nitrogens is 1. The molecule has 3 nitrogen and oxygen atoms in total. The molecule has 2 heterocycles. The molecule has 0 bridgehead atoms. The van der Waals surface area contributed by atoms with Crippen molar-refractivity contribution >= 4 is 11.3 Å². The number of piperidine rings is 1. The standard InChI is InChI=1S/C10H17N3S/c1-8-10(3-2-4-12-8)13-6-9-5-11-7-14-9/h5,7-8,10,12-13H,2-4,6H2,1H3. The summed E-state index contributed by atoms with van der Waals surface area (Å²) in [5.74, 6) is 0. The third kappa shape index (κ3) is 2.53. The number of nitrogens with one attached hydrogen (secondary N) is 2. The molecule has 2 unspecified atom stereocenters. The van der Waals surface area contributed by atoms with E-state index in [9.17, 15) is 0 Å². The van der Waals surface area contributed by atoms with Crippen LogP contribution in [-0.4, -0.2) is 23.6 Å². The van der Waals surface area contributed by atoms with Gasteiger partial charge in [0.05, 0.1) is 5.51 Å². The largest absolute Gasteiger partial charge is 0.313 e. The predicted molar refractivity (Wildman–Crippen MR) is 59.4 cm³/mol. The lowest BCUT2D eigenvalue weighted by Crippen LogP contribution is -2.49. The van der Waals surface area contributed by atoms with Crippen molar-refractivity contribution in [1.29, 1.82) is 0 Å². The first-order valence-corrected chi connectivity index (χ1v) is 6.08. The second kappa shape index (κ2) is 4.87. The molecule has 2 atom stereocenters. The molecule has 0 radical (unpaired) electrons. The fraction of sp³-hybridized carbons (Fsp3) is 0.700. The summed E-state index contributed by atoms with van der Waals surface area (Å²) >= 11 is 1.72. The number of hydrogen-bond acceptors (Lipinski definition) is 4. The van der Waals surface area contributed by atoms with Gasteiger partial charge < -0.3 is 10.6 Å². The normalized spacial score (nSPS) is 27.8. The minimum Gasteiger partial charge on any atom is -0.313 e. The van der Waals surface area contributed by atoms with Crippen LogP contribution in [0.3, 0.4) is 0 Å². The molecule has 2 N–H and O–H groups in total. The highest BCUT2D eigenvalue weighted by atomic mass is 32.1. The molecule has 1 aromatic rings. The van der Waals surface area contributed by atoms with Crippen LogP contribution in [0.25, 0.3) is 0 Å². The van der Waals surface area contributed by atoms with E-state index in [1.54, 1.807) is 11.3 Å². The van der Waals surface area contributed by atoms with Gasteiger partial charge in [-0.1, -0.05) is 0 Å². The van der Waals surface area contributed by atoms with Crippen LogP contribution in [0, 0.1) is 0 Å². The summed E-state index contributed by atoms with van der Waals surface area (Å²) in [6.45, 7) is 4.38. The monoisotopic (exact) mass is 211 g/mol. The van der Waals surface area contributed by atoms with Gasteiger partial charge in [-0.2, -0.15) is 0 Å². The van der Waals surface area contributed by atoms with Crippen LogP contribution in [-0.2, 0) is 6.54 Å². The third-order valence-corrected chi connectivity index (χ3v) is 3.56. The van der Waals surface area contributed by atoms with E-state index < -0.39 is 0 Å². The second-order valence-corrected chi connectivity index (χ2v) is 4.81. The highest BCUT2D eigenvalue weighted by Gasteiger charge is 2.19. The van der Waals surface area contributed by atoms with E-state index in [2.05, 4.69) is 22.5 Å². The molecule has 2 rings (SSSR count). The quantitative estimate of drug-likeness (QED) is 0.793. The third-order valence-electron chi connectivity index (χ3n) is 2.78. The van der Waals surface area contributed by atoms with Crippen LogP contribution >= 0.6 is 11.3 Å².